The van der Waals surface area contributed by atoms with Gasteiger partial charge in [-0.25, -0.2) is 15.2 Å². The van der Waals surface area contributed by atoms with E-state index in [9.17, 15) is 0 Å². The van der Waals surface area contributed by atoms with Crippen molar-refractivity contribution in [3.8, 4) is 5.97 Å². The van der Waals surface area contributed by atoms with Crippen LogP contribution in [0.3, 0.4) is 0 Å². The number of nitrogens with two attached hydrogens (primary N) is 1. The molecule has 0 saturated carbocycles. The van der Waals surface area contributed by atoms with Crippen molar-refractivity contribution >= 4 is 23.9 Å². The second-order valence-corrected chi connectivity index (χ2v) is 7.28. The third kappa shape index (κ3) is 12.0. The van der Waals surface area contributed by atoms with Gasteiger partial charge in [-0.2, -0.15) is 0 Å². The van der Waals surface area contributed by atoms with Crippen LogP contribution in [0.25, 0.3) is 0 Å². The maximum Gasteiger partial charge on any atom is 0.321 e. The van der Waals surface area contributed by atoms with Crippen molar-refractivity contribution in [2.75, 3.05) is 23.7 Å². The van der Waals surface area contributed by atoms with Gasteiger partial charge in [-0.15, -0.1) is 0 Å². The fourth-order valence-electron chi connectivity index (χ4n) is 2.43. The Balaban J connectivity index is 0.000000504. The third-order valence-corrected chi connectivity index (χ3v) is 4.78. The summed E-state index contributed by atoms with van der Waals surface area (Å²) in [6.07, 6.45) is 12.3. The average Bonchev–Trinajstić information content (AvgIpc) is 2.82. The zero-order valence-electron chi connectivity index (χ0n) is 20.4. The molecule has 0 fully saturated rings. The zero-order chi connectivity index (χ0) is 23.5. The quantitative estimate of drug-likeness (QED) is 0.575. The second kappa shape index (κ2) is 18.2. The topological polar surface area (TPSA) is 91.7 Å². The fourth-order valence-corrected chi connectivity index (χ4v) is 2.43. The van der Waals surface area contributed by atoms with E-state index in [4.69, 9.17) is 11.0 Å². The number of hydrogen-bond acceptors (Lipinski definition) is 6. The maximum absolute atomic E-state index is 8.73. The van der Waals surface area contributed by atoms with Gasteiger partial charge in [0.2, 0.25) is 5.95 Å². The minimum Gasteiger partial charge on any atom is -0.397 e. The van der Waals surface area contributed by atoms with Gasteiger partial charge in [0.15, 0.2) is 0 Å². The first-order chi connectivity index (χ1) is 15.0. The van der Waals surface area contributed by atoms with Gasteiger partial charge in [0, 0.05) is 48.9 Å². The molecule has 6 nitrogen and oxygen atoms in total. The molecule has 2 rings (SSSR count). The number of aromatic nitrogens is 3. The number of anilines is 2. The highest BCUT2D eigenvalue weighted by atomic mass is 15.2. The first-order valence-electron chi connectivity index (χ1n) is 11.7. The van der Waals surface area contributed by atoms with Crippen molar-refractivity contribution in [2.24, 2.45) is 0 Å². The molecular weight excluding hydrogens is 383 g/mol. The van der Waals surface area contributed by atoms with Crippen molar-refractivity contribution < 1.29 is 0 Å². The van der Waals surface area contributed by atoms with Gasteiger partial charge in [0.25, 0.3) is 0 Å². The highest BCUT2D eigenvalue weighted by Gasteiger charge is 2.14. The molecule has 0 amide bonds. The van der Waals surface area contributed by atoms with Gasteiger partial charge in [0.05, 0.1) is 0 Å². The van der Waals surface area contributed by atoms with Crippen LogP contribution in [-0.4, -0.2) is 34.8 Å². The van der Waals surface area contributed by atoms with Crippen LogP contribution in [0.2, 0.25) is 6.32 Å². The molecule has 0 bridgehead atoms. The lowest BCUT2D eigenvalue weighted by molar-refractivity contribution is 0.712. The Morgan fingerprint density at radius 2 is 1.58 bits per heavy atom. The van der Waals surface area contributed by atoms with E-state index < -0.39 is 0 Å². The Hall–Kier alpha value is -2.62. The summed E-state index contributed by atoms with van der Waals surface area (Å²) in [6, 6.07) is 3.56. The highest BCUT2D eigenvalue weighted by molar-refractivity contribution is 6.79. The Morgan fingerprint density at radius 3 is 1.97 bits per heavy atom. The van der Waals surface area contributed by atoms with E-state index in [0.717, 1.165) is 37.4 Å². The number of rotatable bonds is 9. The van der Waals surface area contributed by atoms with Crippen LogP contribution < -0.4 is 16.2 Å². The predicted octanol–water partition coefficient (Wildman–Crippen LogP) is 4.92. The number of pyridine rings is 1. The zero-order valence-corrected chi connectivity index (χ0v) is 20.4. The van der Waals surface area contributed by atoms with Crippen molar-refractivity contribution in [2.45, 2.75) is 80.0 Å². The Morgan fingerprint density at radius 1 is 0.935 bits per heavy atom. The van der Waals surface area contributed by atoms with Crippen LogP contribution in [0.15, 0.2) is 30.7 Å². The summed E-state index contributed by atoms with van der Waals surface area (Å²) in [5, 5.41) is 8.73. The SMILES string of the molecule is CCB(C#N)c1ccc(N)cn1.CCCC.CCCCN(CC)c1ncc(CC)cn1. The smallest absolute Gasteiger partial charge is 0.321 e. The predicted molar refractivity (Wildman–Crippen MR) is 135 cm³/mol. The summed E-state index contributed by atoms with van der Waals surface area (Å²) in [5.74, 6) is 3.05. The van der Waals surface area contributed by atoms with E-state index in [1.165, 1.54) is 31.2 Å². The molecule has 0 radical (unpaired) electrons. The number of nitriles is 1. The first-order valence-corrected chi connectivity index (χ1v) is 11.7. The van der Waals surface area contributed by atoms with E-state index in [0.29, 0.717) is 5.69 Å². The molecule has 0 unspecified atom stereocenters. The van der Waals surface area contributed by atoms with Crippen LogP contribution in [0.1, 0.15) is 72.8 Å². The molecule has 0 atom stereocenters. The maximum atomic E-state index is 8.73. The van der Waals surface area contributed by atoms with Gasteiger partial charge in [-0.05, 0) is 37.5 Å². The lowest BCUT2D eigenvalue weighted by Gasteiger charge is -2.20. The molecule has 2 aromatic heterocycles. The minimum absolute atomic E-state index is 0.106. The number of nitrogen functional groups attached to an aromatic ring is 1. The molecular formula is C24H41BN6. The van der Waals surface area contributed by atoms with E-state index in [-0.39, 0.29) is 6.71 Å². The minimum atomic E-state index is -0.106. The highest BCUT2D eigenvalue weighted by Crippen LogP contribution is 2.08. The molecule has 2 aromatic rings. The molecule has 0 aliphatic carbocycles. The number of aryl methyl sites for hydroxylation is 1. The van der Waals surface area contributed by atoms with Crippen molar-refractivity contribution in [3.63, 3.8) is 0 Å². The molecule has 2 N–H and O–H groups in total. The molecule has 0 aliphatic heterocycles. The van der Waals surface area contributed by atoms with Crippen LogP contribution in [-0.2, 0) is 6.42 Å². The van der Waals surface area contributed by atoms with Crippen LogP contribution in [0.4, 0.5) is 11.6 Å². The van der Waals surface area contributed by atoms with E-state index in [2.05, 4.69) is 60.4 Å². The average molecular weight is 424 g/mol. The molecule has 7 heteroatoms. The summed E-state index contributed by atoms with van der Waals surface area (Å²) in [7, 11) is 0. The summed E-state index contributed by atoms with van der Waals surface area (Å²) < 4.78 is 0. The summed E-state index contributed by atoms with van der Waals surface area (Å²) in [4.78, 5) is 15.1. The normalized spacial score (nSPS) is 9.45. The summed E-state index contributed by atoms with van der Waals surface area (Å²) in [6.45, 7) is 14.7. The molecule has 170 valence electrons. The molecule has 31 heavy (non-hydrogen) atoms. The lowest BCUT2D eigenvalue weighted by atomic mass is 9.47. The van der Waals surface area contributed by atoms with Gasteiger partial charge >= 0.3 is 6.71 Å². The number of unbranched alkanes of at least 4 members (excludes halogenated alkanes) is 2. The molecule has 0 aliphatic rings. The van der Waals surface area contributed by atoms with Crippen LogP contribution >= 0.6 is 0 Å². The third-order valence-electron chi connectivity index (χ3n) is 4.78. The van der Waals surface area contributed by atoms with E-state index >= 15 is 0 Å². The number of hydrogen-bond donors (Lipinski definition) is 1. The fraction of sp³-hybridized carbons (Fsp3) is 0.583. The van der Waals surface area contributed by atoms with Crippen LogP contribution in [0.5, 0.6) is 0 Å². The van der Waals surface area contributed by atoms with Crippen molar-refractivity contribution in [3.05, 3.63) is 36.3 Å². The van der Waals surface area contributed by atoms with E-state index in [1.807, 2.05) is 19.3 Å². The first kappa shape index (κ1) is 28.4. The Labute approximate surface area is 190 Å². The van der Waals surface area contributed by atoms with Crippen molar-refractivity contribution in [1.82, 2.24) is 15.0 Å². The van der Waals surface area contributed by atoms with Crippen molar-refractivity contribution in [1.29, 1.82) is 5.26 Å². The Kier molecular flexibility index (Phi) is 16.6. The molecule has 2 heterocycles. The van der Waals surface area contributed by atoms with Gasteiger partial charge < -0.3 is 10.6 Å². The van der Waals surface area contributed by atoms with Gasteiger partial charge in [-0.3, -0.25) is 4.98 Å². The molecule has 0 saturated heterocycles. The van der Waals surface area contributed by atoms with Gasteiger partial charge in [-0.1, -0.05) is 60.2 Å². The number of nitrogens with zero attached hydrogens (tertiary/aromatic N) is 5. The molecule has 0 aromatic carbocycles. The largest absolute Gasteiger partial charge is 0.397 e. The second-order valence-electron chi connectivity index (χ2n) is 7.28. The standard InChI is InChI=1S/C12H21N3.C8H10BN3.C4H10/c1-4-7-8-15(6-3)12-13-9-11(5-2)10-14-12;1-2-9(6-10)8-4-3-7(11)5-12-8;1-3-4-2/h9-10H,4-8H2,1-3H3;3-5H,2,11H2,1H3;3-4H2,1-2H3. The summed E-state index contributed by atoms with van der Waals surface area (Å²) in [5.41, 5.74) is 8.09. The monoisotopic (exact) mass is 424 g/mol. The van der Waals surface area contributed by atoms with Crippen LogP contribution in [0, 0.1) is 11.2 Å². The Bertz CT molecular complexity index is 710. The van der Waals surface area contributed by atoms with Gasteiger partial charge in [0.1, 0.15) is 0 Å². The van der Waals surface area contributed by atoms with E-state index in [1.54, 1.807) is 18.3 Å². The lowest BCUT2D eigenvalue weighted by Crippen LogP contribution is -2.30. The molecule has 0 spiro atoms. The summed E-state index contributed by atoms with van der Waals surface area (Å²) >= 11 is 0.